The van der Waals surface area contributed by atoms with Gasteiger partial charge in [0.2, 0.25) is 0 Å². The Labute approximate surface area is 124 Å². The van der Waals surface area contributed by atoms with Crippen LogP contribution in [-0.4, -0.2) is 35.7 Å². The zero-order valence-electron chi connectivity index (χ0n) is 11.8. The number of hydrogen-bond acceptors (Lipinski definition) is 4. The molecule has 1 aromatic heterocycles. The van der Waals surface area contributed by atoms with Gasteiger partial charge in [-0.3, -0.25) is 0 Å². The van der Waals surface area contributed by atoms with Crippen LogP contribution in [0.1, 0.15) is 18.4 Å². The van der Waals surface area contributed by atoms with Crippen LogP contribution >= 0.6 is 0 Å². The molecule has 1 atom stereocenters. The highest BCUT2D eigenvalue weighted by atomic mass is 32.2. The molecular weight excluding hydrogens is 286 g/mol. The third-order valence-corrected chi connectivity index (χ3v) is 6.10. The minimum absolute atomic E-state index is 0.221. The number of sulfone groups is 1. The van der Waals surface area contributed by atoms with Crippen LogP contribution in [-0.2, 0) is 16.4 Å². The van der Waals surface area contributed by atoms with Crippen LogP contribution in [0.5, 0.6) is 0 Å². The van der Waals surface area contributed by atoms with Crippen LogP contribution in [0, 0.1) is 0 Å². The molecule has 112 valence electrons. The molecule has 0 radical (unpaired) electrons. The van der Waals surface area contributed by atoms with E-state index in [9.17, 15) is 8.42 Å². The lowest BCUT2D eigenvalue weighted by Crippen LogP contribution is -2.30. The van der Waals surface area contributed by atoms with E-state index in [2.05, 4.69) is 10.4 Å². The van der Waals surface area contributed by atoms with E-state index in [-0.39, 0.29) is 5.25 Å². The second kappa shape index (κ2) is 5.99. The summed E-state index contributed by atoms with van der Waals surface area (Å²) in [5.41, 5.74) is 2.07. The van der Waals surface area contributed by atoms with E-state index in [4.69, 9.17) is 0 Å². The van der Waals surface area contributed by atoms with Gasteiger partial charge in [0.1, 0.15) is 0 Å². The first-order valence-electron chi connectivity index (χ1n) is 7.16. The molecular formula is C15H19N3O2S. The summed E-state index contributed by atoms with van der Waals surface area (Å²) >= 11 is 0. The summed E-state index contributed by atoms with van der Waals surface area (Å²) in [4.78, 5) is 0. The molecule has 1 fully saturated rings. The van der Waals surface area contributed by atoms with Crippen molar-refractivity contribution in [2.45, 2.75) is 24.6 Å². The van der Waals surface area contributed by atoms with Gasteiger partial charge in [-0.2, -0.15) is 5.10 Å². The van der Waals surface area contributed by atoms with Crippen molar-refractivity contribution >= 4 is 9.84 Å². The molecule has 1 aliphatic heterocycles. The Kier molecular flexibility index (Phi) is 4.07. The van der Waals surface area contributed by atoms with Gasteiger partial charge in [0.05, 0.1) is 22.9 Å². The van der Waals surface area contributed by atoms with E-state index in [0.29, 0.717) is 18.8 Å². The smallest absolute Gasteiger partial charge is 0.154 e. The zero-order valence-corrected chi connectivity index (χ0v) is 12.6. The van der Waals surface area contributed by atoms with Gasteiger partial charge in [-0.25, -0.2) is 13.1 Å². The molecule has 1 N–H and O–H groups in total. The monoisotopic (exact) mass is 305 g/mol. The summed E-state index contributed by atoms with van der Waals surface area (Å²) in [7, 11) is -2.86. The Hall–Kier alpha value is -1.66. The van der Waals surface area contributed by atoms with E-state index < -0.39 is 9.84 Å². The highest BCUT2D eigenvalue weighted by Crippen LogP contribution is 2.19. The number of aromatic nitrogens is 2. The van der Waals surface area contributed by atoms with Crippen molar-refractivity contribution in [3.05, 3.63) is 48.3 Å². The van der Waals surface area contributed by atoms with E-state index in [1.165, 1.54) is 0 Å². The van der Waals surface area contributed by atoms with Crippen LogP contribution in [0.15, 0.2) is 42.7 Å². The summed E-state index contributed by atoms with van der Waals surface area (Å²) in [6.07, 6.45) is 5.34. The summed E-state index contributed by atoms with van der Waals surface area (Å²) < 4.78 is 25.3. The van der Waals surface area contributed by atoms with Crippen LogP contribution < -0.4 is 5.32 Å². The first kappa shape index (κ1) is 14.3. The third-order valence-electron chi connectivity index (χ3n) is 3.82. The van der Waals surface area contributed by atoms with Crippen molar-refractivity contribution in [1.82, 2.24) is 15.1 Å². The second-order valence-corrected chi connectivity index (χ2v) is 7.79. The average molecular weight is 305 g/mol. The van der Waals surface area contributed by atoms with Crippen LogP contribution in [0.4, 0.5) is 0 Å². The minimum Gasteiger partial charge on any atom is -0.311 e. The Morgan fingerprint density at radius 3 is 2.81 bits per heavy atom. The lowest BCUT2D eigenvalue weighted by atomic mass is 10.2. The molecule has 0 amide bonds. The van der Waals surface area contributed by atoms with Crippen LogP contribution in [0.2, 0.25) is 0 Å². The number of para-hydroxylation sites is 1. The topological polar surface area (TPSA) is 64.0 Å². The van der Waals surface area contributed by atoms with E-state index >= 15 is 0 Å². The van der Waals surface area contributed by atoms with Gasteiger partial charge in [0.15, 0.2) is 9.84 Å². The molecule has 1 saturated heterocycles. The molecule has 0 aliphatic carbocycles. The fourth-order valence-electron chi connectivity index (χ4n) is 2.64. The number of rotatable bonds is 5. The van der Waals surface area contributed by atoms with Crippen LogP contribution in [0.25, 0.3) is 5.69 Å². The highest BCUT2D eigenvalue weighted by molar-refractivity contribution is 7.92. The minimum atomic E-state index is -2.86. The lowest BCUT2D eigenvalue weighted by Gasteiger charge is -2.09. The third kappa shape index (κ3) is 3.33. The molecule has 0 spiro atoms. The molecule has 1 aromatic carbocycles. The standard InChI is InChI=1S/C15H19N3O2S/c19-21(20)8-4-7-15(21)11-16-9-13-10-17-18(12-13)14-5-2-1-3-6-14/h1-3,5-6,10,12,15-16H,4,7-9,11H2/t15-/m0/s1. The average Bonchev–Trinajstić information content (AvgIpc) is 3.07. The van der Waals surface area contributed by atoms with E-state index in [1.54, 1.807) is 0 Å². The first-order chi connectivity index (χ1) is 10.1. The normalized spacial score (nSPS) is 20.7. The Balaban J connectivity index is 1.56. The SMILES string of the molecule is O=S1(=O)CCC[C@H]1CNCc1cnn(-c2ccccc2)c1. The summed E-state index contributed by atoms with van der Waals surface area (Å²) in [6.45, 7) is 1.16. The van der Waals surface area contributed by atoms with Gasteiger partial charge in [-0.15, -0.1) is 0 Å². The molecule has 5 nitrogen and oxygen atoms in total. The number of hydrogen-bond donors (Lipinski definition) is 1. The molecule has 2 heterocycles. The maximum Gasteiger partial charge on any atom is 0.154 e. The summed E-state index contributed by atoms with van der Waals surface area (Å²) in [5.74, 6) is 0.339. The Bertz CT molecular complexity index is 695. The summed E-state index contributed by atoms with van der Waals surface area (Å²) in [6, 6.07) is 9.90. The molecule has 2 aromatic rings. The lowest BCUT2D eigenvalue weighted by molar-refractivity contribution is 0.574. The van der Waals surface area contributed by atoms with Gasteiger partial charge >= 0.3 is 0 Å². The van der Waals surface area contributed by atoms with Gasteiger partial charge in [-0.05, 0) is 25.0 Å². The molecule has 21 heavy (non-hydrogen) atoms. The molecule has 0 unspecified atom stereocenters. The van der Waals surface area contributed by atoms with Crippen molar-refractivity contribution < 1.29 is 8.42 Å². The predicted molar refractivity (Wildman–Crippen MR) is 82.1 cm³/mol. The quantitative estimate of drug-likeness (QED) is 0.910. The fourth-order valence-corrected chi connectivity index (χ4v) is 4.44. The van der Waals surface area contributed by atoms with E-state index in [0.717, 1.165) is 24.1 Å². The van der Waals surface area contributed by atoms with E-state index in [1.807, 2.05) is 47.4 Å². The van der Waals surface area contributed by atoms with Crippen molar-refractivity contribution in [2.24, 2.45) is 0 Å². The van der Waals surface area contributed by atoms with Gasteiger partial charge in [0, 0.05) is 24.8 Å². The van der Waals surface area contributed by atoms with Gasteiger partial charge < -0.3 is 5.32 Å². The maximum atomic E-state index is 11.7. The van der Waals surface area contributed by atoms with Crippen molar-refractivity contribution in [1.29, 1.82) is 0 Å². The van der Waals surface area contributed by atoms with Crippen molar-refractivity contribution in [3.63, 3.8) is 0 Å². The molecule has 0 bridgehead atoms. The fraction of sp³-hybridized carbons (Fsp3) is 0.400. The van der Waals surface area contributed by atoms with Gasteiger partial charge in [0.25, 0.3) is 0 Å². The summed E-state index contributed by atoms with van der Waals surface area (Å²) in [5, 5.41) is 7.33. The van der Waals surface area contributed by atoms with Crippen molar-refractivity contribution in [3.8, 4) is 5.69 Å². The Morgan fingerprint density at radius 2 is 2.10 bits per heavy atom. The Morgan fingerprint density at radius 1 is 1.29 bits per heavy atom. The van der Waals surface area contributed by atoms with Gasteiger partial charge in [-0.1, -0.05) is 18.2 Å². The molecule has 0 saturated carbocycles. The highest BCUT2D eigenvalue weighted by Gasteiger charge is 2.30. The number of benzene rings is 1. The molecule has 1 aliphatic rings. The zero-order chi connectivity index (χ0) is 14.7. The largest absolute Gasteiger partial charge is 0.311 e. The van der Waals surface area contributed by atoms with Crippen molar-refractivity contribution in [2.75, 3.05) is 12.3 Å². The number of nitrogens with one attached hydrogen (secondary N) is 1. The maximum absolute atomic E-state index is 11.7. The molecule has 6 heteroatoms. The predicted octanol–water partition coefficient (Wildman–Crippen LogP) is 1.54. The van der Waals surface area contributed by atoms with Crippen LogP contribution in [0.3, 0.4) is 0 Å². The number of nitrogens with zero attached hydrogens (tertiary/aromatic N) is 2. The first-order valence-corrected chi connectivity index (χ1v) is 8.88. The second-order valence-electron chi connectivity index (χ2n) is 5.39. The molecule has 3 rings (SSSR count).